The zero-order valence-electron chi connectivity index (χ0n) is 13.3. The van der Waals surface area contributed by atoms with Gasteiger partial charge in [-0.1, -0.05) is 5.69 Å². The first-order valence-electron chi connectivity index (χ1n) is 7.94. The van der Waals surface area contributed by atoms with E-state index in [1.165, 1.54) is 19.4 Å². The van der Waals surface area contributed by atoms with Gasteiger partial charge in [-0.15, -0.1) is 12.1 Å². The van der Waals surface area contributed by atoms with E-state index in [4.69, 9.17) is 0 Å². The van der Waals surface area contributed by atoms with E-state index in [0.717, 1.165) is 37.5 Å². The normalized spacial score (nSPS) is 19.3. The van der Waals surface area contributed by atoms with Crippen molar-refractivity contribution in [1.29, 1.82) is 0 Å². The van der Waals surface area contributed by atoms with Crippen LogP contribution in [0.5, 0.6) is 0 Å². The Balaban J connectivity index is 0.00000176. The topological polar surface area (TPSA) is 35.6 Å². The second-order valence-corrected chi connectivity index (χ2v) is 6.30. The maximum atomic E-state index is 12.3. The van der Waals surface area contributed by atoms with Gasteiger partial charge in [0.2, 0.25) is 0 Å². The predicted molar refractivity (Wildman–Crippen MR) is 84.2 cm³/mol. The molecule has 1 saturated carbocycles. The van der Waals surface area contributed by atoms with Crippen molar-refractivity contribution >= 4 is 11.7 Å². The van der Waals surface area contributed by atoms with E-state index in [-0.39, 0.29) is 38.7 Å². The Morgan fingerprint density at radius 1 is 1.27 bits per heavy atom. The molecular formula is C17H24N3OY-. The Bertz CT molecular complexity index is 470. The molecule has 0 unspecified atom stereocenters. The fraction of sp³-hybridized carbons (Fsp3) is 0.588. The summed E-state index contributed by atoms with van der Waals surface area (Å²) in [6.07, 6.45) is 4.99. The van der Waals surface area contributed by atoms with Crippen molar-refractivity contribution in [2.75, 3.05) is 32.0 Å². The molecule has 4 nitrogen and oxygen atoms in total. The quantitative estimate of drug-likeness (QED) is 0.822. The minimum atomic E-state index is -0.0122. The number of hydrogen-bond donors (Lipinski definition) is 1. The molecule has 0 aromatic heterocycles. The van der Waals surface area contributed by atoms with Gasteiger partial charge in [0.1, 0.15) is 0 Å². The van der Waals surface area contributed by atoms with Gasteiger partial charge in [-0.3, -0.25) is 0 Å². The van der Waals surface area contributed by atoms with Gasteiger partial charge in [0, 0.05) is 65.4 Å². The zero-order chi connectivity index (χ0) is 14.7. The van der Waals surface area contributed by atoms with Crippen molar-refractivity contribution in [2.24, 2.45) is 5.92 Å². The number of anilines is 1. The van der Waals surface area contributed by atoms with Crippen molar-refractivity contribution in [3.63, 3.8) is 0 Å². The number of amides is 2. The number of hydrogen-bond acceptors (Lipinski definition) is 2. The molecule has 0 atom stereocenters. The molecule has 3 rings (SSSR count). The predicted octanol–water partition coefficient (Wildman–Crippen LogP) is 2.82. The molecule has 1 N–H and O–H groups in total. The van der Waals surface area contributed by atoms with Gasteiger partial charge in [-0.25, -0.2) is 4.79 Å². The molecule has 0 spiro atoms. The summed E-state index contributed by atoms with van der Waals surface area (Å²) in [6, 6.07) is 10.7. The minimum Gasteiger partial charge on any atom is -0.331 e. The molecule has 22 heavy (non-hydrogen) atoms. The molecule has 1 aliphatic carbocycles. The molecule has 2 amide bonds. The first-order chi connectivity index (χ1) is 10.2. The third kappa shape index (κ3) is 5.04. The average Bonchev–Trinajstić information content (AvgIpc) is 3.32. The van der Waals surface area contributed by atoms with Crippen LogP contribution in [0.25, 0.3) is 0 Å². The van der Waals surface area contributed by atoms with E-state index in [1.807, 2.05) is 36.2 Å². The summed E-state index contributed by atoms with van der Waals surface area (Å²) in [4.78, 5) is 16.7. The summed E-state index contributed by atoms with van der Waals surface area (Å²) in [5, 5.41) is 2.95. The van der Waals surface area contributed by atoms with Crippen LogP contribution in [-0.2, 0) is 32.7 Å². The number of carbonyl (C=O) groups excluding carboxylic acids is 1. The van der Waals surface area contributed by atoms with Gasteiger partial charge < -0.3 is 15.1 Å². The van der Waals surface area contributed by atoms with Gasteiger partial charge >= 0.3 is 6.03 Å². The van der Waals surface area contributed by atoms with E-state index in [1.54, 1.807) is 0 Å². The van der Waals surface area contributed by atoms with Crippen LogP contribution in [0, 0.1) is 12.0 Å². The van der Waals surface area contributed by atoms with Crippen LogP contribution < -0.4 is 5.32 Å². The average molecular weight is 375 g/mol. The standard InChI is InChI=1S/C17H24N3O.Y/c1-19(17(21)18-15-5-3-2-4-6-15)16-9-11-20(12-10-16)13-14-7-8-14;/h3-6,14,16H,7-13H2,1H3,(H,18,21);/q-1;. The molecule has 5 heteroatoms. The summed E-state index contributed by atoms with van der Waals surface area (Å²) < 4.78 is 0. The van der Waals surface area contributed by atoms with Gasteiger partial charge in [0.25, 0.3) is 0 Å². The van der Waals surface area contributed by atoms with Crippen LogP contribution in [0.1, 0.15) is 25.7 Å². The maximum absolute atomic E-state index is 12.3. The van der Waals surface area contributed by atoms with E-state index in [2.05, 4.69) is 16.3 Å². The molecule has 0 bridgehead atoms. The minimum absolute atomic E-state index is 0. The first-order valence-corrected chi connectivity index (χ1v) is 7.94. The van der Waals surface area contributed by atoms with Crippen molar-refractivity contribution in [1.82, 2.24) is 9.80 Å². The van der Waals surface area contributed by atoms with E-state index in [9.17, 15) is 4.79 Å². The van der Waals surface area contributed by atoms with E-state index in [0.29, 0.717) is 6.04 Å². The number of nitrogens with zero attached hydrogens (tertiary/aromatic N) is 2. The van der Waals surface area contributed by atoms with Gasteiger partial charge in [0.15, 0.2) is 0 Å². The summed E-state index contributed by atoms with van der Waals surface area (Å²) in [5.41, 5.74) is 0.830. The molecule has 1 saturated heterocycles. The number of piperidine rings is 1. The number of urea groups is 1. The Morgan fingerprint density at radius 2 is 1.91 bits per heavy atom. The zero-order valence-corrected chi connectivity index (χ0v) is 16.1. The molecule has 1 aliphatic heterocycles. The third-order valence-corrected chi connectivity index (χ3v) is 4.61. The first kappa shape index (κ1) is 17.9. The number of rotatable bonds is 4. The fourth-order valence-electron chi connectivity index (χ4n) is 3.00. The van der Waals surface area contributed by atoms with Gasteiger partial charge in [-0.2, -0.15) is 18.2 Å². The van der Waals surface area contributed by atoms with Crippen LogP contribution >= 0.6 is 0 Å². The number of carbonyl (C=O) groups is 1. The van der Waals surface area contributed by atoms with E-state index >= 15 is 0 Å². The van der Waals surface area contributed by atoms with Crippen molar-refractivity contribution in [3.05, 3.63) is 30.3 Å². The number of nitrogens with one attached hydrogen (secondary N) is 1. The molecule has 2 fully saturated rings. The largest absolute Gasteiger partial charge is 0.331 e. The van der Waals surface area contributed by atoms with Crippen molar-refractivity contribution in [2.45, 2.75) is 31.7 Å². The molecule has 1 aromatic rings. The molecule has 2 aliphatic rings. The Morgan fingerprint density at radius 3 is 2.50 bits per heavy atom. The summed E-state index contributed by atoms with van der Waals surface area (Å²) in [7, 11) is 1.91. The second-order valence-electron chi connectivity index (χ2n) is 6.30. The number of benzene rings is 1. The summed E-state index contributed by atoms with van der Waals surface area (Å²) in [6.45, 7) is 3.52. The molecular weight excluding hydrogens is 351 g/mol. The Labute approximate surface area is 158 Å². The maximum Gasteiger partial charge on any atom is 0.320 e. The molecule has 1 radical (unpaired) electrons. The Kier molecular flexibility index (Phi) is 6.85. The van der Waals surface area contributed by atoms with Gasteiger partial charge in [-0.05, 0) is 31.6 Å². The van der Waals surface area contributed by atoms with E-state index < -0.39 is 0 Å². The summed E-state index contributed by atoms with van der Waals surface area (Å²) in [5.74, 6) is 0.956. The SMILES string of the molecule is CN(C(=O)Nc1cc[c-]cc1)C1CCN(CC2CC2)CC1.[Y]. The van der Waals surface area contributed by atoms with Crippen LogP contribution in [0.4, 0.5) is 10.5 Å². The number of likely N-dealkylation sites (tertiary alicyclic amines) is 1. The van der Waals surface area contributed by atoms with Crippen LogP contribution in [0.2, 0.25) is 0 Å². The monoisotopic (exact) mass is 375 g/mol. The third-order valence-electron chi connectivity index (χ3n) is 4.61. The second kappa shape index (κ2) is 8.42. The van der Waals surface area contributed by atoms with Crippen LogP contribution in [-0.4, -0.2) is 48.6 Å². The Hall–Kier alpha value is -0.446. The van der Waals surface area contributed by atoms with Crippen LogP contribution in [0.3, 0.4) is 0 Å². The van der Waals surface area contributed by atoms with Crippen molar-refractivity contribution < 1.29 is 37.5 Å². The van der Waals surface area contributed by atoms with Crippen molar-refractivity contribution in [3.8, 4) is 0 Å². The molecule has 1 heterocycles. The van der Waals surface area contributed by atoms with Gasteiger partial charge in [0.05, 0.1) is 0 Å². The summed E-state index contributed by atoms with van der Waals surface area (Å²) >= 11 is 0. The fourth-order valence-corrected chi connectivity index (χ4v) is 3.00. The molecule has 117 valence electrons. The van der Waals surface area contributed by atoms with Crippen LogP contribution in [0.15, 0.2) is 24.3 Å². The smallest absolute Gasteiger partial charge is 0.320 e. The molecule has 1 aromatic carbocycles.